The summed E-state index contributed by atoms with van der Waals surface area (Å²) in [4.78, 5) is 4.39. The van der Waals surface area contributed by atoms with Crippen molar-refractivity contribution in [3.63, 3.8) is 0 Å². The molecule has 80 valence electrons. The first-order chi connectivity index (χ1) is 7.33. The monoisotopic (exact) mass is 204 g/mol. The topological polar surface area (TPSA) is 42.2 Å². The number of nitrogens with zero attached hydrogens (tertiary/aromatic N) is 3. The smallest absolute Gasteiger partial charge is 0.243 e. The van der Waals surface area contributed by atoms with Gasteiger partial charge in [0.1, 0.15) is 0 Å². The summed E-state index contributed by atoms with van der Waals surface area (Å²) in [5.41, 5.74) is 0.881. The zero-order valence-corrected chi connectivity index (χ0v) is 9.14. The predicted octanol–water partition coefficient (Wildman–Crippen LogP) is 2.33. The number of hydrogen-bond donors (Lipinski definition) is 1. The average Bonchev–Trinajstić information content (AvgIpc) is 2.68. The number of rotatable bonds is 4. The lowest BCUT2D eigenvalue weighted by atomic mass is 10.2. The molecule has 0 fully saturated rings. The van der Waals surface area contributed by atoms with Crippen molar-refractivity contribution in [1.82, 2.24) is 14.6 Å². The van der Waals surface area contributed by atoms with Crippen LogP contribution in [0.25, 0.3) is 5.65 Å². The van der Waals surface area contributed by atoms with E-state index in [-0.39, 0.29) is 0 Å². The number of fused-ring (bicyclic) bond motifs is 1. The second kappa shape index (κ2) is 4.29. The van der Waals surface area contributed by atoms with Crippen LogP contribution in [-0.4, -0.2) is 20.6 Å². The number of hydrogen-bond acceptors (Lipinski definition) is 3. The molecule has 0 unspecified atom stereocenters. The molecular weight excluding hydrogens is 188 g/mol. The Hall–Kier alpha value is -1.58. The van der Waals surface area contributed by atoms with Gasteiger partial charge in [0.2, 0.25) is 5.95 Å². The Morgan fingerprint density at radius 3 is 2.80 bits per heavy atom. The molecule has 0 saturated heterocycles. The highest BCUT2D eigenvalue weighted by atomic mass is 15.3. The maximum atomic E-state index is 4.39. The first-order valence-corrected chi connectivity index (χ1v) is 5.41. The van der Waals surface area contributed by atoms with Gasteiger partial charge in [-0.3, -0.25) is 0 Å². The minimum atomic E-state index is 0.461. The number of anilines is 1. The second-order valence-corrected chi connectivity index (χ2v) is 3.60. The van der Waals surface area contributed by atoms with Gasteiger partial charge in [0.25, 0.3) is 0 Å². The lowest BCUT2D eigenvalue weighted by molar-refractivity contribution is 0.664. The second-order valence-electron chi connectivity index (χ2n) is 3.60. The van der Waals surface area contributed by atoms with Crippen LogP contribution in [0, 0.1) is 0 Å². The summed E-state index contributed by atoms with van der Waals surface area (Å²) in [5.74, 6) is 0.718. The Morgan fingerprint density at radius 1 is 1.33 bits per heavy atom. The summed E-state index contributed by atoms with van der Waals surface area (Å²) in [5, 5.41) is 7.67. The summed E-state index contributed by atoms with van der Waals surface area (Å²) in [6.45, 7) is 4.33. The van der Waals surface area contributed by atoms with E-state index in [0.29, 0.717) is 6.04 Å². The van der Waals surface area contributed by atoms with Crippen molar-refractivity contribution >= 4 is 11.6 Å². The zero-order valence-electron chi connectivity index (χ0n) is 9.14. The molecule has 2 aromatic heterocycles. The van der Waals surface area contributed by atoms with Crippen molar-refractivity contribution in [1.29, 1.82) is 0 Å². The molecule has 0 radical (unpaired) electrons. The summed E-state index contributed by atoms with van der Waals surface area (Å²) in [7, 11) is 0. The highest BCUT2D eigenvalue weighted by Gasteiger charge is 2.07. The van der Waals surface area contributed by atoms with E-state index < -0.39 is 0 Å². The molecule has 0 amide bonds. The summed E-state index contributed by atoms with van der Waals surface area (Å²) in [6, 6.07) is 6.32. The maximum absolute atomic E-state index is 4.39. The predicted molar refractivity (Wildman–Crippen MR) is 61.0 cm³/mol. The van der Waals surface area contributed by atoms with E-state index in [2.05, 4.69) is 29.2 Å². The summed E-state index contributed by atoms with van der Waals surface area (Å²) in [6.07, 6.45) is 4.08. The molecule has 0 spiro atoms. The highest BCUT2D eigenvalue weighted by Crippen LogP contribution is 2.08. The van der Waals surface area contributed by atoms with Crippen LogP contribution in [0.3, 0.4) is 0 Å². The van der Waals surface area contributed by atoms with Gasteiger partial charge in [-0.05, 0) is 25.0 Å². The summed E-state index contributed by atoms with van der Waals surface area (Å²) >= 11 is 0. The van der Waals surface area contributed by atoms with E-state index in [1.807, 2.05) is 24.4 Å². The van der Waals surface area contributed by atoms with E-state index in [0.717, 1.165) is 24.4 Å². The fraction of sp³-hybridized carbons (Fsp3) is 0.455. The molecule has 0 bridgehead atoms. The third kappa shape index (κ3) is 2.09. The lowest BCUT2D eigenvalue weighted by Crippen LogP contribution is -2.17. The van der Waals surface area contributed by atoms with Crippen LogP contribution in [-0.2, 0) is 0 Å². The minimum absolute atomic E-state index is 0.461. The molecule has 4 nitrogen and oxygen atoms in total. The Balaban J connectivity index is 2.21. The molecule has 0 saturated carbocycles. The molecule has 0 atom stereocenters. The number of pyridine rings is 1. The van der Waals surface area contributed by atoms with Crippen molar-refractivity contribution in [3.05, 3.63) is 24.4 Å². The van der Waals surface area contributed by atoms with Crippen LogP contribution in [0.5, 0.6) is 0 Å². The number of aromatic nitrogens is 3. The normalized spacial score (nSPS) is 11.1. The number of nitrogens with one attached hydrogen (secondary N) is 1. The van der Waals surface area contributed by atoms with E-state index in [9.17, 15) is 0 Å². The van der Waals surface area contributed by atoms with Crippen molar-refractivity contribution in [2.24, 2.45) is 0 Å². The van der Waals surface area contributed by atoms with Crippen LogP contribution in [0.1, 0.15) is 26.7 Å². The van der Waals surface area contributed by atoms with Gasteiger partial charge in [0.15, 0.2) is 5.65 Å². The Bertz CT molecular complexity index is 398. The van der Waals surface area contributed by atoms with Gasteiger partial charge in [-0.2, -0.15) is 4.98 Å². The quantitative estimate of drug-likeness (QED) is 0.831. The first kappa shape index (κ1) is 9.96. The fourth-order valence-electron chi connectivity index (χ4n) is 1.57. The third-order valence-electron chi connectivity index (χ3n) is 2.56. The van der Waals surface area contributed by atoms with Crippen molar-refractivity contribution in [2.45, 2.75) is 32.7 Å². The highest BCUT2D eigenvalue weighted by molar-refractivity contribution is 5.43. The molecule has 0 aliphatic rings. The Morgan fingerprint density at radius 2 is 2.13 bits per heavy atom. The van der Waals surface area contributed by atoms with Crippen molar-refractivity contribution in [3.8, 4) is 0 Å². The van der Waals surface area contributed by atoms with Gasteiger partial charge in [0, 0.05) is 12.2 Å². The Labute approximate surface area is 89.3 Å². The van der Waals surface area contributed by atoms with Gasteiger partial charge in [-0.1, -0.05) is 19.9 Å². The molecule has 0 aromatic carbocycles. The van der Waals surface area contributed by atoms with Crippen LogP contribution in [0.2, 0.25) is 0 Å². The van der Waals surface area contributed by atoms with E-state index >= 15 is 0 Å². The third-order valence-corrected chi connectivity index (χ3v) is 2.56. The van der Waals surface area contributed by atoms with Crippen molar-refractivity contribution in [2.75, 3.05) is 5.32 Å². The van der Waals surface area contributed by atoms with Gasteiger partial charge < -0.3 is 5.32 Å². The van der Waals surface area contributed by atoms with Gasteiger partial charge in [-0.25, -0.2) is 4.52 Å². The van der Waals surface area contributed by atoms with Gasteiger partial charge >= 0.3 is 0 Å². The van der Waals surface area contributed by atoms with Crippen molar-refractivity contribution < 1.29 is 0 Å². The summed E-state index contributed by atoms with van der Waals surface area (Å²) < 4.78 is 1.78. The standard InChI is InChI=1S/C11H16N4/c1-3-9(4-2)12-11-13-10-7-5-6-8-15(10)14-11/h5-9H,3-4H2,1-2H3,(H,12,14). The molecule has 2 heterocycles. The van der Waals surface area contributed by atoms with Crippen LogP contribution in [0.15, 0.2) is 24.4 Å². The fourth-order valence-corrected chi connectivity index (χ4v) is 1.57. The molecule has 2 aromatic rings. The van der Waals surface area contributed by atoms with Crippen LogP contribution in [0.4, 0.5) is 5.95 Å². The lowest BCUT2D eigenvalue weighted by Gasteiger charge is -2.11. The molecule has 2 rings (SSSR count). The molecule has 15 heavy (non-hydrogen) atoms. The molecule has 0 aliphatic heterocycles. The average molecular weight is 204 g/mol. The molecular formula is C11H16N4. The van der Waals surface area contributed by atoms with Crippen LogP contribution < -0.4 is 5.32 Å². The van der Waals surface area contributed by atoms with E-state index in [4.69, 9.17) is 0 Å². The SMILES string of the molecule is CCC(CC)Nc1nc2ccccn2n1. The van der Waals surface area contributed by atoms with Gasteiger partial charge in [-0.15, -0.1) is 5.10 Å². The maximum Gasteiger partial charge on any atom is 0.243 e. The van der Waals surface area contributed by atoms with E-state index in [1.165, 1.54) is 0 Å². The molecule has 0 aliphatic carbocycles. The largest absolute Gasteiger partial charge is 0.350 e. The molecule has 4 heteroatoms. The zero-order chi connectivity index (χ0) is 10.7. The van der Waals surface area contributed by atoms with Gasteiger partial charge in [0.05, 0.1) is 0 Å². The Kier molecular flexibility index (Phi) is 2.85. The van der Waals surface area contributed by atoms with Crippen LogP contribution >= 0.6 is 0 Å². The first-order valence-electron chi connectivity index (χ1n) is 5.41. The van der Waals surface area contributed by atoms with E-state index in [1.54, 1.807) is 4.52 Å². The molecule has 1 N–H and O–H groups in total. The minimum Gasteiger partial charge on any atom is -0.350 e.